The monoisotopic (exact) mass is 337 g/mol. The molecule has 1 unspecified atom stereocenters. The number of aromatic nitrogens is 1. The zero-order valence-electron chi connectivity index (χ0n) is 14.1. The molecule has 1 aromatic heterocycles. The van der Waals surface area contributed by atoms with E-state index in [9.17, 15) is 4.79 Å². The summed E-state index contributed by atoms with van der Waals surface area (Å²) in [4.78, 5) is 16.6. The smallest absolute Gasteiger partial charge is 0.319 e. The fourth-order valence-corrected chi connectivity index (χ4v) is 3.40. The predicted molar refractivity (Wildman–Crippen MR) is 95.0 cm³/mol. The largest absolute Gasteiger partial charge is 0.496 e. The number of anilines is 1. The van der Waals surface area contributed by atoms with Crippen LogP contribution in [0.5, 0.6) is 5.75 Å². The first-order valence-electron chi connectivity index (χ1n) is 8.24. The van der Waals surface area contributed by atoms with E-state index in [1.165, 1.54) is 5.56 Å². The number of methoxy groups -OCH3 is 1. The maximum atomic E-state index is 12.4. The minimum atomic E-state index is -0.240. The van der Waals surface area contributed by atoms with Crippen LogP contribution in [-0.4, -0.2) is 18.1 Å². The van der Waals surface area contributed by atoms with Crippen molar-refractivity contribution in [1.29, 1.82) is 0 Å². The number of ether oxygens (including phenoxy) is 1. The van der Waals surface area contributed by atoms with E-state index in [2.05, 4.69) is 15.6 Å². The van der Waals surface area contributed by atoms with Crippen LogP contribution in [0.4, 0.5) is 10.5 Å². The zero-order valence-corrected chi connectivity index (χ0v) is 14.1. The molecule has 0 spiro atoms. The number of benzene rings is 2. The van der Waals surface area contributed by atoms with E-state index in [1.807, 2.05) is 30.3 Å². The van der Waals surface area contributed by atoms with E-state index >= 15 is 0 Å². The number of amides is 2. The second-order valence-corrected chi connectivity index (χ2v) is 6.13. The van der Waals surface area contributed by atoms with Crippen molar-refractivity contribution < 1.29 is 13.9 Å². The van der Waals surface area contributed by atoms with Crippen molar-refractivity contribution in [3.8, 4) is 5.75 Å². The average molecular weight is 337 g/mol. The van der Waals surface area contributed by atoms with Crippen LogP contribution < -0.4 is 15.4 Å². The molecule has 4 rings (SSSR count). The SMILES string of the molecule is COc1cccc2c1CCC2NC(=O)Nc1ccc2nc(C)oc2c1. The third kappa shape index (κ3) is 2.91. The van der Waals surface area contributed by atoms with Gasteiger partial charge < -0.3 is 19.8 Å². The molecule has 1 heterocycles. The second-order valence-electron chi connectivity index (χ2n) is 6.13. The molecule has 2 aromatic carbocycles. The van der Waals surface area contributed by atoms with Crippen LogP contribution in [0.15, 0.2) is 40.8 Å². The van der Waals surface area contributed by atoms with E-state index in [1.54, 1.807) is 20.1 Å². The van der Waals surface area contributed by atoms with Crippen molar-refractivity contribution in [3.63, 3.8) is 0 Å². The summed E-state index contributed by atoms with van der Waals surface area (Å²) in [6.07, 6.45) is 1.76. The molecule has 1 aliphatic carbocycles. The van der Waals surface area contributed by atoms with Gasteiger partial charge in [-0.25, -0.2) is 9.78 Å². The minimum absolute atomic E-state index is 0.0126. The van der Waals surface area contributed by atoms with E-state index < -0.39 is 0 Å². The van der Waals surface area contributed by atoms with Crippen molar-refractivity contribution in [2.75, 3.05) is 12.4 Å². The summed E-state index contributed by atoms with van der Waals surface area (Å²) in [5.41, 5.74) is 4.40. The van der Waals surface area contributed by atoms with Gasteiger partial charge in [0.05, 0.1) is 13.2 Å². The van der Waals surface area contributed by atoms with Crippen LogP contribution in [0.25, 0.3) is 11.1 Å². The number of urea groups is 1. The summed E-state index contributed by atoms with van der Waals surface area (Å²) in [6, 6.07) is 11.1. The predicted octanol–water partition coefficient (Wildman–Crippen LogP) is 3.95. The summed E-state index contributed by atoms with van der Waals surface area (Å²) >= 11 is 0. The van der Waals surface area contributed by atoms with Gasteiger partial charge >= 0.3 is 6.03 Å². The average Bonchev–Trinajstić information content (AvgIpc) is 3.17. The highest BCUT2D eigenvalue weighted by Crippen LogP contribution is 2.36. The van der Waals surface area contributed by atoms with Gasteiger partial charge in [-0.1, -0.05) is 12.1 Å². The molecule has 6 heteroatoms. The molecule has 6 nitrogen and oxygen atoms in total. The number of nitrogens with one attached hydrogen (secondary N) is 2. The number of nitrogens with zero attached hydrogens (tertiary/aromatic N) is 1. The third-order valence-electron chi connectivity index (χ3n) is 4.51. The Hall–Kier alpha value is -3.02. The first-order chi connectivity index (χ1) is 12.1. The number of rotatable bonds is 3. The molecule has 128 valence electrons. The Bertz CT molecular complexity index is 948. The quantitative estimate of drug-likeness (QED) is 0.758. The van der Waals surface area contributed by atoms with Gasteiger partial charge in [0.2, 0.25) is 0 Å². The third-order valence-corrected chi connectivity index (χ3v) is 4.51. The molecule has 0 saturated carbocycles. The molecule has 0 radical (unpaired) electrons. The summed E-state index contributed by atoms with van der Waals surface area (Å²) < 4.78 is 10.9. The van der Waals surface area contributed by atoms with Crippen LogP contribution in [0.1, 0.15) is 29.5 Å². The Balaban J connectivity index is 1.48. The molecule has 0 aliphatic heterocycles. The molecule has 25 heavy (non-hydrogen) atoms. The van der Waals surface area contributed by atoms with Crippen molar-refractivity contribution in [2.45, 2.75) is 25.8 Å². The van der Waals surface area contributed by atoms with Crippen LogP contribution in [0, 0.1) is 6.92 Å². The van der Waals surface area contributed by atoms with Gasteiger partial charge in [0.15, 0.2) is 11.5 Å². The molecular formula is C19H19N3O3. The zero-order chi connectivity index (χ0) is 17.4. The summed E-state index contributed by atoms with van der Waals surface area (Å²) in [5, 5.41) is 5.90. The molecule has 2 amide bonds. The fourth-order valence-electron chi connectivity index (χ4n) is 3.40. The van der Waals surface area contributed by atoms with E-state index in [-0.39, 0.29) is 12.1 Å². The molecule has 1 aliphatic rings. The number of aryl methyl sites for hydroxylation is 1. The van der Waals surface area contributed by atoms with Gasteiger partial charge in [0.1, 0.15) is 11.3 Å². The standard InChI is InChI=1S/C19H19N3O3/c1-11-20-16-8-6-12(10-18(16)25-11)21-19(23)22-15-9-7-14-13(15)4-3-5-17(14)24-2/h3-6,8,10,15H,7,9H2,1-2H3,(H2,21,22,23). The maximum Gasteiger partial charge on any atom is 0.319 e. The lowest BCUT2D eigenvalue weighted by Gasteiger charge is -2.15. The lowest BCUT2D eigenvalue weighted by Crippen LogP contribution is -2.31. The number of hydrogen-bond acceptors (Lipinski definition) is 4. The lowest BCUT2D eigenvalue weighted by molar-refractivity contribution is 0.248. The van der Waals surface area contributed by atoms with Crippen molar-refractivity contribution in [3.05, 3.63) is 53.4 Å². The van der Waals surface area contributed by atoms with Gasteiger partial charge in [0.25, 0.3) is 0 Å². The Morgan fingerprint density at radius 1 is 1.32 bits per heavy atom. The Morgan fingerprint density at radius 3 is 3.04 bits per heavy atom. The van der Waals surface area contributed by atoms with Gasteiger partial charge in [-0.3, -0.25) is 0 Å². The number of carbonyl (C=O) groups is 1. The molecular weight excluding hydrogens is 318 g/mol. The van der Waals surface area contributed by atoms with Gasteiger partial charge in [-0.05, 0) is 42.2 Å². The van der Waals surface area contributed by atoms with E-state index in [4.69, 9.17) is 9.15 Å². The minimum Gasteiger partial charge on any atom is -0.496 e. The highest BCUT2D eigenvalue weighted by molar-refractivity contribution is 5.91. The Kier molecular flexibility index (Phi) is 3.80. The molecule has 0 saturated heterocycles. The van der Waals surface area contributed by atoms with Gasteiger partial charge in [-0.2, -0.15) is 0 Å². The Morgan fingerprint density at radius 2 is 2.20 bits per heavy atom. The summed E-state index contributed by atoms with van der Waals surface area (Å²) in [5.74, 6) is 1.49. The van der Waals surface area contributed by atoms with Crippen molar-refractivity contribution in [2.24, 2.45) is 0 Å². The molecule has 1 atom stereocenters. The first kappa shape index (κ1) is 15.5. The highest BCUT2D eigenvalue weighted by Gasteiger charge is 2.26. The lowest BCUT2D eigenvalue weighted by atomic mass is 10.1. The van der Waals surface area contributed by atoms with Crippen LogP contribution in [0.2, 0.25) is 0 Å². The normalized spacial score (nSPS) is 15.8. The first-order valence-corrected chi connectivity index (χ1v) is 8.24. The van der Waals surface area contributed by atoms with Crippen molar-refractivity contribution in [1.82, 2.24) is 10.3 Å². The topological polar surface area (TPSA) is 76.4 Å². The number of carbonyl (C=O) groups excluding carboxylic acids is 1. The summed E-state index contributed by atoms with van der Waals surface area (Å²) in [6.45, 7) is 1.80. The van der Waals surface area contributed by atoms with Gasteiger partial charge in [0, 0.05) is 18.7 Å². The van der Waals surface area contributed by atoms with Crippen LogP contribution >= 0.6 is 0 Å². The maximum absolute atomic E-state index is 12.4. The number of fused-ring (bicyclic) bond motifs is 2. The highest BCUT2D eigenvalue weighted by atomic mass is 16.5. The number of hydrogen-bond donors (Lipinski definition) is 2. The Labute approximate surface area is 145 Å². The molecule has 3 aromatic rings. The fraction of sp³-hybridized carbons (Fsp3) is 0.263. The van der Waals surface area contributed by atoms with E-state index in [0.29, 0.717) is 17.2 Å². The van der Waals surface area contributed by atoms with Gasteiger partial charge in [-0.15, -0.1) is 0 Å². The second kappa shape index (κ2) is 6.12. The van der Waals surface area contributed by atoms with Crippen molar-refractivity contribution >= 4 is 22.8 Å². The molecule has 2 N–H and O–H groups in total. The summed E-state index contributed by atoms with van der Waals surface area (Å²) in [7, 11) is 1.67. The van der Waals surface area contributed by atoms with Crippen LogP contribution in [0.3, 0.4) is 0 Å². The van der Waals surface area contributed by atoms with Crippen LogP contribution in [-0.2, 0) is 6.42 Å². The molecule has 0 bridgehead atoms. The van der Waals surface area contributed by atoms with E-state index in [0.717, 1.165) is 29.7 Å². The number of oxazole rings is 1. The molecule has 0 fully saturated rings.